The van der Waals surface area contributed by atoms with Crippen molar-refractivity contribution in [2.24, 2.45) is 71.0 Å². The monoisotopic (exact) mass is 772 g/mol. The largest absolute Gasteiger partial charge is 0.372 e. The van der Waals surface area contributed by atoms with Gasteiger partial charge in [0.05, 0.1) is 12.2 Å². The molecule has 13 unspecified atom stereocenters. The van der Waals surface area contributed by atoms with Crippen molar-refractivity contribution in [1.82, 2.24) is 4.90 Å². The van der Waals surface area contributed by atoms with E-state index in [0.29, 0.717) is 12.2 Å². The number of rotatable bonds is 6. The van der Waals surface area contributed by atoms with Gasteiger partial charge in [-0.25, -0.2) is 0 Å². The Morgan fingerprint density at radius 1 is 0.345 bits per heavy atom. The van der Waals surface area contributed by atoms with E-state index in [1.54, 1.807) is 103 Å². The predicted molar refractivity (Wildman–Crippen MR) is 231 cm³/mol. The molecule has 9 aliphatic carbocycles. The van der Waals surface area contributed by atoms with E-state index < -0.39 is 0 Å². The molecule has 11 aliphatic rings. The second kappa shape index (κ2) is 17.0. The van der Waals surface area contributed by atoms with Crippen LogP contribution in [-0.2, 0) is 4.74 Å². The van der Waals surface area contributed by atoms with E-state index in [0.717, 1.165) is 99.6 Å². The molecular weight excluding hydrogens is 687 g/mol. The quantitative estimate of drug-likeness (QED) is 0.267. The maximum absolute atomic E-state index is 7.89. The van der Waals surface area contributed by atoms with Gasteiger partial charge in [0.15, 0.2) is 0 Å². The molecule has 0 aromatic heterocycles. The Labute approximate surface area is 343 Å². The first-order valence-corrected chi connectivity index (χ1v) is 27.3. The molecule has 13 atom stereocenters. The van der Waals surface area contributed by atoms with Gasteiger partial charge in [-0.3, -0.25) is 4.90 Å². The molecule has 55 heavy (non-hydrogen) atoms. The Balaban J connectivity index is 0.807. The van der Waals surface area contributed by atoms with Gasteiger partial charge >= 0.3 is 0 Å². The summed E-state index contributed by atoms with van der Waals surface area (Å²) in [5.41, 5.74) is 0. The molecule has 0 N–H and O–H groups in total. The third-order valence-electron chi connectivity index (χ3n) is 21.0. The summed E-state index contributed by atoms with van der Waals surface area (Å²) >= 11 is 2.54. The van der Waals surface area contributed by atoms with Gasteiger partial charge in [-0.1, -0.05) is 109 Å². The number of fused-ring (bicyclic) bond motifs is 9. The lowest BCUT2D eigenvalue weighted by Gasteiger charge is -2.52. The zero-order valence-corrected chi connectivity index (χ0v) is 36.4. The van der Waals surface area contributed by atoms with Crippen LogP contribution in [0.1, 0.15) is 212 Å². The van der Waals surface area contributed by atoms with Crippen molar-refractivity contribution in [3.63, 3.8) is 0 Å². The highest BCUT2D eigenvalue weighted by molar-refractivity contribution is 8.00. The predicted octanol–water partition coefficient (Wildman–Crippen LogP) is 14.0. The molecule has 11 fully saturated rings. The number of nitrogens with zero attached hydrogens (tertiary/aromatic N) is 1. The third kappa shape index (κ3) is 7.43. The van der Waals surface area contributed by atoms with Crippen molar-refractivity contribution >= 4 is 11.8 Å². The van der Waals surface area contributed by atoms with Crippen molar-refractivity contribution in [2.45, 2.75) is 253 Å². The fourth-order valence-electron chi connectivity index (χ4n) is 18.5. The molecule has 3 heteroatoms. The maximum Gasteiger partial charge on any atom is 0.0766 e. The Morgan fingerprint density at radius 2 is 0.836 bits per heavy atom. The van der Waals surface area contributed by atoms with Crippen molar-refractivity contribution in [1.29, 1.82) is 0 Å². The van der Waals surface area contributed by atoms with Gasteiger partial charge in [0, 0.05) is 34.5 Å². The molecule has 0 radical (unpaired) electrons. The van der Waals surface area contributed by atoms with Gasteiger partial charge in [0.25, 0.3) is 0 Å². The fourth-order valence-corrected chi connectivity index (χ4v) is 20.8. The van der Waals surface area contributed by atoms with Crippen LogP contribution in [-0.4, -0.2) is 45.7 Å². The van der Waals surface area contributed by atoms with Gasteiger partial charge < -0.3 is 4.74 Å². The van der Waals surface area contributed by atoms with Crippen LogP contribution >= 0.6 is 11.8 Å². The van der Waals surface area contributed by atoms with Crippen molar-refractivity contribution < 1.29 is 4.74 Å². The molecule has 2 heterocycles. The van der Waals surface area contributed by atoms with Gasteiger partial charge in [-0.2, -0.15) is 11.8 Å². The first-order chi connectivity index (χ1) is 27.3. The number of ether oxygens (including phenoxy) is 1. The van der Waals surface area contributed by atoms with Gasteiger partial charge in [-0.15, -0.1) is 0 Å². The van der Waals surface area contributed by atoms with Crippen molar-refractivity contribution in [3.05, 3.63) is 0 Å². The highest BCUT2D eigenvalue weighted by Gasteiger charge is 2.62. The van der Waals surface area contributed by atoms with Crippen LogP contribution in [0.5, 0.6) is 0 Å². The molecule has 0 aromatic carbocycles. The van der Waals surface area contributed by atoms with Gasteiger partial charge in [0.2, 0.25) is 0 Å². The van der Waals surface area contributed by atoms with E-state index in [2.05, 4.69) is 16.7 Å². The van der Waals surface area contributed by atoms with E-state index in [1.807, 2.05) is 0 Å². The zero-order chi connectivity index (χ0) is 36.3. The first kappa shape index (κ1) is 38.2. The summed E-state index contributed by atoms with van der Waals surface area (Å²) in [4.78, 5) is 3.37. The summed E-state index contributed by atoms with van der Waals surface area (Å²) in [6.45, 7) is 0. The fraction of sp³-hybridized carbons (Fsp3) is 1.00. The lowest BCUT2D eigenvalue weighted by Crippen LogP contribution is -2.58. The van der Waals surface area contributed by atoms with E-state index in [1.165, 1.54) is 109 Å². The smallest absolute Gasteiger partial charge is 0.0766 e. The maximum atomic E-state index is 7.89. The summed E-state index contributed by atoms with van der Waals surface area (Å²) in [5.74, 6) is 12.2. The van der Waals surface area contributed by atoms with E-state index in [-0.39, 0.29) is 0 Å². The topological polar surface area (TPSA) is 12.5 Å². The number of thioether (sulfide) groups is 1. The molecule has 2 aliphatic heterocycles. The molecule has 0 bridgehead atoms. The number of hydrogen-bond acceptors (Lipinski definition) is 3. The molecule has 0 amide bonds. The summed E-state index contributed by atoms with van der Waals surface area (Å²) in [6.07, 6.45) is 51.9. The van der Waals surface area contributed by atoms with Crippen LogP contribution < -0.4 is 0 Å². The molecule has 11 rings (SSSR count). The third-order valence-corrected chi connectivity index (χ3v) is 22.9. The standard InChI is InChI=1S/C52H85NOS/c1-3-11-34(12-4-1)36-21-26-41(27-22-36)53(42-28-23-37(24-29-42)40-17-9-16-39(33-40)35-13-5-2-6-14-35)47-20-10-19-44-45-31-32-48-49(51(45)54-50(44)47)46-30-25-38-15-7-8-18-43(38)52(46)55-48/h34-52H,1-33H2. The minimum absolute atomic E-state index is 0.556. The highest BCUT2D eigenvalue weighted by Crippen LogP contribution is 2.64. The van der Waals surface area contributed by atoms with E-state index >= 15 is 0 Å². The van der Waals surface area contributed by atoms with Gasteiger partial charge in [0.1, 0.15) is 0 Å². The van der Waals surface area contributed by atoms with Crippen LogP contribution in [0, 0.1) is 71.0 Å². The lowest BCUT2D eigenvalue weighted by atomic mass is 9.60. The minimum Gasteiger partial charge on any atom is -0.372 e. The summed E-state index contributed by atoms with van der Waals surface area (Å²) in [5, 5.41) is 1.91. The number of hydrogen-bond donors (Lipinski definition) is 0. The zero-order valence-electron chi connectivity index (χ0n) is 35.6. The highest BCUT2D eigenvalue weighted by atomic mass is 32.2. The molecule has 0 aromatic rings. The molecule has 9 saturated carbocycles. The Hall–Kier alpha value is 0.270. The molecule has 310 valence electrons. The SMILES string of the molecule is C1CCC(C2CCC(N(C3CCC(C4CCCC(C5CCCCC5)C4)CC3)C3CCCC4C5CCC6SC7C8CCCCC8CCC7C6C5OC43)CC2)CC1. The molecule has 0 spiro atoms. The Morgan fingerprint density at radius 3 is 1.55 bits per heavy atom. The normalized spacial score (nSPS) is 51.1. The Bertz CT molecular complexity index is 1240. The van der Waals surface area contributed by atoms with Crippen LogP contribution in [0.2, 0.25) is 0 Å². The van der Waals surface area contributed by atoms with Gasteiger partial charge in [-0.05, 0) is 168 Å². The Kier molecular flexibility index (Phi) is 11.8. The minimum atomic E-state index is 0.556. The van der Waals surface area contributed by atoms with Crippen molar-refractivity contribution in [3.8, 4) is 0 Å². The summed E-state index contributed by atoms with van der Waals surface area (Å²) < 4.78 is 7.89. The van der Waals surface area contributed by atoms with Crippen LogP contribution in [0.15, 0.2) is 0 Å². The van der Waals surface area contributed by atoms with E-state index in [4.69, 9.17) is 4.74 Å². The first-order valence-electron chi connectivity index (χ1n) is 26.3. The van der Waals surface area contributed by atoms with Crippen LogP contribution in [0.3, 0.4) is 0 Å². The van der Waals surface area contributed by atoms with Crippen LogP contribution in [0.4, 0.5) is 0 Å². The summed E-state index contributed by atoms with van der Waals surface area (Å²) in [6, 6.07) is 2.42. The second-order valence-electron chi connectivity index (χ2n) is 23.2. The van der Waals surface area contributed by atoms with Crippen molar-refractivity contribution in [2.75, 3.05) is 0 Å². The molecule has 2 nitrogen and oxygen atoms in total. The average molecular weight is 772 g/mol. The average Bonchev–Trinajstić information content (AvgIpc) is 3.84. The molecule has 2 saturated heterocycles. The van der Waals surface area contributed by atoms with E-state index in [9.17, 15) is 0 Å². The lowest BCUT2D eigenvalue weighted by molar-refractivity contribution is -0.100. The summed E-state index contributed by atoms with van der Waals surface area (Å²) in [7, 11) is 0. The van der Waals surface area contributed by atoms with Crippen LogP contribution in [0.25, 0.3) is 0 Å². The second-order valence-corrected chi connectivity index (χ2v) is 24.6. The molecular formula is C52H85NOS.